The van der Waals surface area contributed by atoms with Crippen LogP contribution in [0, 0.1) is 28.8 Å². The second-order valence-corrected chi connectivity index (χ2v) is 8.41. The van der Waals surface area contributed by atoms with Gasteiger partial charge in [0.05, 0.1) is 11.8 Å². The lowest BCUT2D eigenvalue weighted by Crippen LogP contribution is -2.47. The van der Waals surface area contributed by atoms with Crippen LogP contribution in [0.5, 0.6) is 0 Å². The van der Waals surface area contributed by atoms with E-state index in [0.29, 0.717) is 25.0 Å². The normalized spacial score (nSPS) is 19.4. The predicted molar refractivity (Wildman–Crippen MR) is 126 cm³/mol. The van der Waals surface area contributed by atoms with Crippen molar-refractivity contribution in [1.82, 2.24) is 10.6 Å². The molecule has 1 saturated heterocycles. The van der Waals surface area contributed by atoms with E-state index in [-0.39, 0.29) is 42.0 Å². The van der Waals surface area contributed by atoms with Gasteiger partial charge in [0.25, 0.3) is 0 Å². The number of ether oxygens (including phenoxy) is 1. The maximum absolute atomic E-state index is 13.7. The molecule has 2 atom stereocenters. The van der Waals surface area contributed by atoms with E-state index in [9.17, 15) is 18.0 Å². The predicted octanol–water partition coefficient (Wildman–Crippen LogP) is 4.06. The highest BCUT2D eigenvalue weighted by Crippen LogP contribution is 2.33. The summed E-state index contributed by atoms with van der Waals surface area (Å²) in [4.78, 5) is 16.3. The Kier molecular flexibility index (Phi) is 11.1. The third kappa shape index (κ3) is 8.13. The van der Waals surface area contributed by atoms with E-state index in [1.807, 2.05) is 6.92 Å². The Labute approximate surface area is 198 Å². The molecule has 10 heteroatoms. The van der Waals surface area contributed by atoms with Crippen LogP contribution in [0.1, 0.15) is 40.5 Å². The van der Waals surface area contributed by atoms with Crippen molar-refractivity contribution in [2.75, 3.05) is 31.6 Å². The third-order valence-electron chi connectivity index (χ3n) is 4.86. The Morgan fingerprint density at radius 1 is 1.19 bits per heavy atom. The summed E-state index contributed by atoms with van der Waals surface area (Å²) in [5, 5.41) is 8.50. The van der Waals surface area contributed by atoms with Gasteiger partial charge in [-0.2, -0.15) is 0 Å². The Balaban J connectivity index is 0.00000480. The van der Waals surface area contributed by atoms with Crippen LogP contribution in [-0.4, -0.2) is 44.2 Å². The number of aliphatic imine (C=N–C) groups is 1. The molecular weight excluding hydrogens is 524 g/mol. The molecule has 0 spiro atoms. The van der Waals surface area contributed by atoms with Crippen molar-refractivity contribution < 1.29 is 22.7 Å². The molecule has 6 nitrogen and oxygen atoms in total. The Hall–Kier alpha value is -1.56. The molecule has 0 radical (unpaired) electrons. The number of amides is 1. The van der Waals surface area contributed by atoms with E-state index in [4.69, 9.17) is 4.74 Å². The van der Waals surface area contributed by atoms with Crippen molar-refractivity contribution >= 4 is 41.5 Å². The minimum atomic E-state index is -1.63. The van der Waals surface area contributed by atoms with Gasteiger partial charge in [0.1, 0.15) is 6.54 Å². The van der Waals surface area contributed by atoms with Crippen LogP contribution in [0.15, 0.2) is 17.1 Å². The van der Waals surface area contributed by atoms with Gasteiger partial charge >= 0.3 is 0 Å². The number of hydrogen-bond donors (Lipinski definition) is 3. The zero-order valence-electron chi connectivity index (χ0n) is 18.4. The maximum atomic E-state index is 13.7. The standard InChI is InChI=1S/C21H31F3N4O2.HI/c1-5-25-20(26-11-13-7-6-10-30-19(13)21(2,3)4)27-12-16(29)28-15-9-8-14(22)17(23)18(15)24;/h8-9,13,19H,5-7,10-12H2,1-4H3,(H,28,29)(H2,25,26,27);1H. The minimum absolute atomic E-state index is 0. The molecule has 1 aromatic carbocycles. The van der Waals surface area contributed by atoms with Crippen LogP contribution in [0.4, 0.5) is 18.9 Å². The number of hydrogen-bond acceptors (Lipinski definition) is 3. The lowest BCUT2D eigenvalue weighted by Gasteiger charge is -2.40. The first-order valence-electron chi connectivity index (χ1n) is 10.2. The Morgan fingerprint density at radius 3 is 2.55 bits per heavy atom. The summed E-state index contributed by atoms with van der Waals surface area (Å²) < 4.78 is 46.0. The van der Waals surface area contributed by atoms with Gasteiger partial charge in [-0.15, -0.1) is 24.0 Å². The van der Waals surface area contributed by atoms with E-state index in [1.54, 1.807) is 0 Å². The van der Waals surface area contributed by atoms with Crippen LogP contribution < -0.4 is 16.0 Å². The molecule has 1 aromatic rings. The Bertz CT molecular complexity index is 772. The highest BCUT2D eigenvalue weighted by Gasteiger charge is 2.35. The summed E-state index contributed by atoms with van der Waals surface area (Å²) in [5.74, 6) is -4.30. The summed E-state index contributed by atoms with van der Waals surface area (Å²) >= 11 is 0. The second-order valence-electron chi connectivity index (χ2n) is 8.41. The third-order valence-corrected chi connectivity index (χ3v) is 4.86. The summed E-state index contributed by atoms with van der Waals surface area (Å²) in [6.45, 7) is 10.0. The van der Waals surface area contributed by atoms with Crippen molar-refractivity contribution in [3.63, 3.8) is 0 Å². The minimum Gasteiger partial charge on any atom is -0.377 e. The lowest BCUT2D eigenvalue weighted by atomic mass is 9.78. The molecule has 1 amide bonds. The monoisotopic (exact) mass is 556 g/mol. The number of halogens is 4. The summed E-state index contributed by atoms with van der Waals surface area (Å²) in [7, 11) is 0. The zero-order valence-corrected chi connectivity index (χ0v) is 20.7. The summed E-state index contributed by atoms with van der Waals surface area (Å²) in [5.41, 5.74) is -0.421. The summed E-state index contributed by atoms with van der Waals surface area (Å²) in [6.07, 6.45) is 2.14. The van der Waals surface area contributed by atoms with Crippen molar-refractivity contribution in [1.29, 1.82) is 0 Å². The fourth-order valence-corrected chi connectivity index (χ4v) is 3.54. The molecule has 0 saturated carbocycles. The number of anilines is 1. The second kappa shape index (κ2) is 12.5. The summed E-state index contributed by atoms with van der Waals surface area (Å²) in [6, 6.07) is 1.72. The molecule has 3 N–H and O–H groups in total. The quantitative estimate of drug-likeness (QED) is 0.214. The molecule has 176 valence electrons. The van der Waals surface area contributed by atoms with Gasteiger partial charge in [-0.3, -0.25) is 4.79 Å². The molecule has 2 rings (SSSR count). The number of guanidine groups is 1. The molecule has 0 bridgehead atoms. The van der Waals surface area contributed by atoms with E-state index in [2.05, 4.69) is 41.7 Å². The van der Waals surface area contributed by atoms with Gasteiger partial charge in [-0.1, -0.05) is 20.8 Å². The molecule has 31 heavy (non-hydrogen) atoms. The Morgan fingerprint density at radius 2 is 1.90 bits per heavy atom. The average Bonchev–Trinajstić information content (AvgIpc) is 2.70. The fourth-order valence-electron chi connectivity index (χ4n) is 3.54. The SMILES string of the molecule is CCNC(=NCC(=O)Nc1ccc(F)c(F)c1F)NCC1CCCOC1C(C)(C)C.I. The fraction of sp³-hybridized carbons (Fsp3) is 0.619. The molecular formula is C21H32F3IN4O2. The van der Waals surface area contributed by atoms with Gasteiger partial charge in [-0.25, -0.2) is 18.2 Å². The number of benzene rings is 1. The highest BCUT2D eigenvalue weighted by atomic mass is 127. The number of nitrogens with one attached hydrogen (secondary N) is 3. The van der Waals surface area contributed by atoms with Crippen molar-refractivity contribution in [3.8, 4) is 0 Å². The average molecular weight is 556 g/mol. The molecule has 1 aliphatic heterocycles. The first-order chi connectivity index (χ1) is 14.1. The van der Waals surface area contributed by atoms with E-state index < -0.39 is 29.0 Å². The zero-order chi connectivity index (χ0) is 22.3. The van der Waals surface area contributed by atoms with Gasteiger partial charge in [0.15, 0.2) is 23.4 Å². The van der Waals surface area contributed by atoms with Gasteiger partial charge in [0.2, 0.25) is 5.91 Å². The first-order valence-corrected chi connectivity index (χ1v) is 10.2. The number of carbonyl (C=O) groups is 1. The molecule has 0 aliphatic carbocycles. The topological polar surface area (TPSA) is 74.8 Å². The van der Waals surface area contributed by atoms with Gasteiger partial charge < -0.3 is 20.7 Å². The number of rotatable bonds is 6. The molecule has 2 unspecified atom stereocenters. The van der Waals surface area contributed by atoms with Gasteiger partial charge in [0, 0.05) is 25.6 Å². The molecule has 0 aromatic heterocycles. The number of nitrogens with zero attached hydrogens (tertiary/aromatic N) is 1. The highest BCUT2D eigenvalue weighted by molar-refractivity contribution is 14.0. The largest absolute Gasteiger partial charge is 0.377 e. The van der Waals surface area contributed by atoms with E-state index in [1.165, 1.54) is 0 Å². The van der Waals surface area contributed by atoms with Crippen molar-refractivity contribution in [2.24, 2.45) is 16.3 Å². The smallest absolute Gasteiger partial charge is 0.246 e. The van der Waals surface area contributed by atoms with Gasteiger partial charge in [-0.05, 0) is 37.3 Å². The van der Waals surface area contributed by atoms with E-state index in [0.717, 1.165) is 31.6 Å². The molecule has 1 aliphatic rings. The van der Waals surface area contributed by atoms with Crippen molar-refractivity contribution in [3.05, 3.63) is 29.6 Å². The van der Waals surface area contributed by atoms with Crippen LogP contribution in [-0.2, 0) is 9.53 Å². The lowest BCUT2D eigenvalue weighted by molar-refractivity contribution is -0.114. The van der Waals surface area contributed by atoms with Crippen LogP contribution in [0.2, 0.25) is 0 Å². The first kappa shape index (κ1) is 27.5. The maximum Gasteiger partial charge on any atom is 0.246 e. The van der Waals surface area contributed by atoms with Crippen LogP contribution >= 0.6 is 24.0 Å². The molecule has 1 fully saturated rings. The van der Waals surface area contributed by atoms with Crippen molar-refractivity contribution in [2.45, 2.75) is 46.6 Å². The number of carbonyl (C=O) groups excluding carboxylic acids is 1. The van der Waals surface area contributed by atoms with Crippen LogP contribution in [0.3, 0.4) is 0 Å². The molecule has 1 heterocycles. The van der Waals surface area contributed by atoms with E-state index >= 15 is 0 Å². The van der Waals surface area contributed by atoms with Crippen LogP contribution in [0.25, 0.3) is 0 Å².